The zero-order valence-electron chi connectivity index (χ0n) is 30.9. The van der Waals surface area contributed by atoms with Crippen LogP contribution in [-0.2, 0) is 0 Å². The fourth-order valence-corrected chi connectivity index (χ4v) is 7.72. The average molecular weight is 703 g/mol. The van der Waals surface area contributed by atoms with E-state index in [4.69, 9.17) is 14.8 Å². The molecule has 9 aromatic rings. The van der Waals surface area contributed by atoms with Crippen molar-refractivity contribution in [1.29, 1.82) is 0 Å². The number of para-hydroxylation sites is 1. The number of benzene rings is 4. The lowest BCUT2D eigenvalue weighted by molar-refractivity contribution is 0.483. The van der Waals surface area contributed by atoms with Crippen LogP contribution < -0.4 is 4.74 Å². The molecule has 0 radical (unpaired) electrons. The Hall–Kier alpha value is -6.86. The summed E-state index contributed by atoms with van der Waals surface area (Å²) in [4.78, 5) is 13.4. The van der Waals surface area contributed by atoms with E-state index in [1.54, 1.807) is 0 Å². The molecule has 0 aliphatic carbocycles. The summed E-state index contributed by atoms with van der Waals surface area (Å²) in [6.45, 7) is 10.9. The van der Waals surface area contributed by atoms with Gasteiger partial charge in [-0.1, -0.05) is 30.3 Å². The highest BCUT2D eigenvalue weighted by Crippen LogP contribution is 2.45. The van der Waals surface area contributed by atoms with E-state index in [0.29, 0.717) is 5.75 Å². The van der Waals surface area contributed by atoms with Gasteiger partial charge in [0, 0.05) is 70.6 Å². The number of aryl methyl sites for hydroxylation is 3. The zero-order valence-corrected chi connectivity index (χ0v) is 30.9. The average Bonchev–Trinajstić information content (AvgIpc) is 3.74. The molecule has 5 heterocycles. The fraction of sp³-hybridized carbons (Fsp3) is 0.106. The minimum atomic E-state index is 0.699. The molecule has 0 unspecified atom stereocenters. The summed E-state index contributed by atoms with van der Waals surface area (Å²) in [6.07, 6.45) is 9.18. The maximum Gasteiger partial charge on any atom is 0.137 e. The molecule has 5 aromatic heterocycles. The van der Waals surface area contributed by atoms with Crippen molar-refractivity contribution in [1.82, 2.24) is 29.3 Å². The van der Waals surface area contributed by atoms with Crippen molar-refractivity contribution >= 4 is 21.8 Å². The van der Waals surface area contributed by atoms with Gasteiger partial charge in [-0.05, 0) is 135 Å². The van der Waals surface area contributed by atoms with Gasteiger partial charge in [0.25, 0.3) is 0 Å². The van der Waals surface area contributed by atoms with E-state index in [0.717, 1.165) is 67.3 Å². The van der Waals surface area contributed by atoms with Crippen LogP contribution in [-0.4, -0.2) is 29.3 Å². The van der Waals surface area contributed by atoms with Crippen molar-refractivity contribution in [2.75, 3.05) is 0 Å². The summed E-state index contributed by atoms with van der Waals surface area (Å²) >= 11 is 0. The molecule has 0 aliphatic rings. The highest BCUT2D eigenvalue weighted by Gasteiger charge is 2.26. The van der Waals surface area contributed by atoms with Crippen LogP contribution in [0.3, 0.4) is 0 Å². The van der Waals surface area contributed by atoms with Gasteiger partial charge in [0.1, 0.15) is 23.0 Å². The van der Waals surface area contributed by atoms with Crippen LogP contribution in [0.1, 0.15) is 27.8 Å². The second kappa shape index (κ2) is 13.3. The fourth-order valence-electron chi connectivity index (χ4n) is 7.72. The minimum Gasteiger partial charge on any atom is -0.457 e. The van der Waals surface area contributed by atoms with Crippen molar-refractivity contribution in [3.8, 4) is 56.6 Å². The van der Waals surface area contributed by atoms with Crippen LogP contribution in [0.25, 0.3) is 67.0 Å². The molecule has 0 atom stereocenters. The smallest absolute Gasteiger partial charge is 0.137 e. The number of pyridine rings is 3. The second-order valence-electron chi connectivity index (χ2n) is 13.9. The molecule has 0 saturated carbocycles. The summed E-state index contributed by atoms with van der Waals surface area (Å²) < 4.78 is 10.9. The van der Waals surface area contributed by atoms with E-state index in [1.807, 2.05) is 72.1 Å². The second-order valence-corrected chi connectivity index (χ2v) is 13.9. The Kier molecular flexibility index (Phi) is 8.12. The zero-order chi connectivity index (χ0) is 36.9. The Morgan fingerprint density at radius 1 is 0.537 bits per heavy atom. The van der Waals surface area contributed by atoms with Gasteiger partial charge in [0.15, 0.2) is 0 Å². The van der Waals surface area contributed by atoms with E-state index >= 15 is 0 Å². The molecule has 0 fully saturated rings. The van der Waals surface area contributed by atoms with Gasteiger partial charge >= 0.3 is 0 Å². The SMILES string of the molecule is Cc1ccnc(-n2c3ccccc3c3ccc(Oc4cccc(-n5nc(-c6ccncc6)c(-c6c(C)cc(C)c(C)c6C)c5-c5ccncc5)c4)cc32)c1. The van der Waals surface area contributed by atoms with Crippen molar-refractivity contribution in [3.05, 3.63) is 168 Å². The lowest BCUT2D eigenvalue weighted by atomic mass is 9.86. The third kappa shape index (κ3) is 5.62. The highest BCUT2D eigenvalue weighted by molar-refractivity contribution is 6.09. The van der Waals surface area contributed by atoms with Crippen molar-refractivity contribution in [2.45, 2.75) is 34.6 Å². The molecular formula is C47H38N6O. The van der Waals surface area contributed by atoms with Gasteiger partial charge < -0.3 is 4.74 Å². The molecule has 7 nitrogen and oxygen atoms in total. The van der Waals surface area contributed by atoms with Crippen LogP contribution in [0.5, 0.6) is 11.5 Å². The first-order chi connectivity index (χ1) is 26.4. The third-order valence-corrected chi connectivity index (χ3v) is 10.5. The molecule has 0 aliphatic heterocycles. The highest BCUT2D eigenvalue weighted by atomic mass is 16.5. The quantitative estimate of drug-likeness (QED) is 0.165. The van der Waals surface area contributed by atoms with Gasteiger partial charge in [-0.2, -0.15) is 5.10 Å². The lowest BCUT2D eigenvalue weighted by Crippen LogP contribution is -2.01. The number of fused-ring (bicyclic) bond motifs is 3. The first-order valence-corrected chi connectivity index (χ1v) is 18.1. The van der Waals surface area contributed by atoms with Crippen molar-refractivity contribution in [3.63, 3.8) is 0 Å². The number of ether oxygens (including phenoxy) is 1. The molecule has 7 heteroatoms. The topological polar surface area (TPSA) is 70.7 Å². The van der Waals surface area contributed by atoms with Gasteiger partial charge in [0.05, 0.1) is 22.4 Å². The van der Waals surface area contributed by atoms with Gasteiger partial charge in [-0.25, -0.2) is 9.67 Å². The van der Waals surface area contributed by atoms with E-state index in [-0.39, 0.29) is 0 Å². The molecule has 9 rings (SSSR count). The summed E-state index contributed by atoms with van der Waals surface area (Å²) in [5, 5.41) is 7.71. The first kappa shape index (κ1) is 33.0. The molecule has 0 amide bonds. The summed E-state index contributed by atoms with van der Waals surface area (Å²) in [6, 6.07) is 37.4. The number of hydrogen-bond acceptors (Lipinski definition) is 5. The number of nitrogens with zero attached hydrogens (tertiary/aromatic N) is 6. The monoisotopic (exact) mass is 702 g/mol. The normalized spacial score (nSPS) is 11.4. The summed E-state index contributed by atoms with van der Waals surface area (Å²) in [5.41, 5.74) is 15.3. The van der Waals surface area contributed by atoms with Gasteiger partial charge in [-0.15, -0.1) is 0 Å². The Balaban J connectivity index is 1.22. The number of rotatable bonds is 7. The standard InChI is InChI=1S/C47H38N6O/c1-29-15-24-50-43(25-29)52-41-12-7-6-11-39(41)40-14-13-38(28-42(40)52)54-37-10-8-9-36(27-37)53-47(35-18-22-49-23-19-35)45(46(51-53)34-16-20-48-21-17-34)44-31(3)26-30(2)32(4)33(44)5/h6-28H,1-5H3. The molecule has 54 heavy (non-hydrogen) atoms. The minimum absolute atomic E-state index is 0.699. The van der Waals surface area contributed by atoms with E-state index in [1.165, 1.54) is 33.2 Å². The maximum atomic E-state index is 6.69. The van der Waals surface area contributed by atoms with Crippen LogP contribution in [0.4, 0.5) is 0 Å². The number of hydrogen-bond donors (Lipinski definition) is 0. The molecule has 262 valence electrons. The van der Waals surface area contributed by atoms with Crippen LogP contribution in [0.15, 0.2) is 140 Å². The molecule has 4 aromatic carbocycles. The summed E-state index contributed by atoms with van der Waals surface area (Å²) in [5.74, 6) is 2.30. The largest absolute Gasteiger partial charge is 0.457 e. The Morgan fingerprint density at radius 3 is 2.04 bits per heavy atom. The Labute approximate surface area is 314 Å². The molecular weight excluding hydrogens is 665 g/mol. The Bertz CT molecular complexity index is 2850. The first-order valence-electron chi connectivity index (χ1n) is 18.1. The van der Waals surface area contributed by atoms with Crippen LogP contribution in [0, 0.1) is 34.6 Å². The molecule has 0 saturated heterocycles. The van der Waals surface area contributed by atoms with Crippen molar-refractivity contribution in [2.24, 2.45) is 0 Å². The van der Waals surface area contributed by atoms with E-state index in [9.17, 15) is 0 Å². The Morgan fingerprint density at radius 2 is 1.26 bits per heavy atom. The number of aromatic nitrogens is 6. The molecule has 0 bridgehead atoms. The van der Waals surface area contributed by atoms with Crippen molar-refractivity contribution < 1.29 is 4.74 Å². The predicted molar refractivity (Wildman–Crippen MR) is 218 cm³/mol. The van der Waals surface area contributed by atoms with Gasteiger partial charge in [0.2, 0.25) is 0 Å². The van der Waals surface area contributed by atoms with Gasteiger partial charge in [-0.3, -0.25) is 14.5 Å². The van der Waals surface area contributed by atoms with Crippen LogP contribution in [0.2, 0.25) is 0 Å². The third-order valence-electron chi connectivity index (χ3n) is 10.5. The van der Waals surface area contributed by atoms with Crippen LogP contribution >= 0.6 is 0 Å². The van der Waals surface area contributed by atoms with E-state index in [2.05, 4.69) is 122 Å². The summed E-state index contributed by atoms with van der Waals surface area (Å²) in [7, 11) is 0. The molecule has 0 N–H and O–H groups in total. The lowest BCUT2D eigenvalue weighted by Gasteiger charge is -2.18. The molecule has 0 spiro atoms. The van der Waals surface area contributed by atoms with E-state index < -0.39 is 0 Å². The predicted octanol–water partition coefficient (Wildman–Crippen LogP) is 11.5. The maximum absolute atomic E-state index is 6.69.